The second-order valence-corrected chi connectivity index (χ2v) is 7.80. The van der Waals surface area contributed by atoms with Crippen molar-refractivity contribution >= 4 is 27.3 Å². The zero-order chi connectivity index (χ0) is 12.5. The Labute approximate surface area is 121 Å². The minimum Gasteiger partial charge on any atom is -0.378 e. The molecule has 2 aliphatic rings. The second-order valence-electron chi connectivity index (χ2n) is 5.29. The summed E-state index contributed by atoms with van der Waals surface area (Å²) in [4.78, 5) is 1.58. The third-order valence-electron chi connectivity index (χ3n) is 4.02. The van der Waals surface area contributed by atoms with Crippen molar-refractivity contribution in [2.75, 3.05) is 6.61 Å². The lowest BCUT2D eigenvalue weighted by atomic mass is 9.86. The number of thiophene rings is 1. The zero-order valence-corrected chi connectivity index (χ0v) is 13.1. The molecule has 0 amide bonds. The molecular weight excluding hydrogens is 310 g/mol. The Morgan fingerprint density at radius 1 is 1.50 bits per heavy atom. The highest BCUT2D eigenvalue weighted by atomic mass is 79.9. The SMILES string of the molecule is CCOC1CC(NC2CCCc3sc(Br)cc32)C1. The molecule has 2 nitrogen and oxygen atoms in total. The average molecular weight is 330 g/mol. The van der Waals surface area contributed by atoms with Gasteiger partial charge in [0, 0.05) is 23.6 Å². The third-order valence-corrected chi connectivity index (χ3v) is 5.73. The Hall–Kier alpha value is 0.100. The third kappa shape index (κ3) is 2.67. The topological polar surface area (TPSA) is 21.3 Å². The molecule has 1 aromatic heterocycles. The largest absolute Gasteiger partial charge is 0.378 e. The second kappa shape index (κ2) is 5.61. The lowest BCUT2D eigenvalue weighted by Gasteiger charge is -2.39. The van der Waals surface area contributed by atoms with E-state index in [1.807, 2.05) is 11.3 Å². The highest BCUT2D eigenvalue weighted by Crippen LogP contribution is 2.39. The molecule has 3 rings (SSSR count). The molecule has 18 heavy (non-hydrogen) atoms. The van der Waals surface area contributed by atoms with Crippen molar-refractivity contribution in [2.45, 2.75) is 57.2 Å². The number of hydrogen-bond acceptors (Lipinski definition) is 3. The van der Waals surface area contributed by atoms with Crippen LogP contribution in [0.2, 0.25) is 0 Å². The Bertz CT molecular complexity index is 414. The van der Waals surface area contributed by atoms with Crippen LogP contribution in [0.15, 0.2) is 9.85 Å². The van der Waals surface area contributed by atoms with E-state index in [9.17, 15) is 0 Å². The van der Waals surface area contributed by atoms with Gasteiger partial charge < -0.3 is 10.1 Å². The van der Waals surface area contributed by atoms with Crippen molar-refractivity contribution in [3.8, 4) is 0 Å². The molecule has 1 fully saturated rings. The Kier molecular flexibility index (Phi) is 4.09. The molecule has 0 saturated heterocycles. The highest BCUT2D eigenvalue weighted by Gasteiger charge is 2.33. The molecular formula is C14H20BrNOS. The van der Waals surface area contributed by atoms with Gasteiger partial charge in [0.15, 0.2) is 0 Å². The van der Waals surface area contributed by atoms with Crippen LogP contribution in [0.25, 0.3) is 0 Å². The number of aryl methyl sites for hydroxylation is 1. The fourth-order valence-corrected chi connectivity index (χ4v) is 4.87. The Balaban J connectivity index is 1.58. The van der Waals surface area contributed by atoms with E-state index in [0.29, 0.717) is 18.2 Å². The molecule has 1 atom stereocenters. The van der Waals surface area contributed by atoms with Crippen LogP contribution in [0.4, 0.5) is 0 Å². The minimum atomic E-state index is 0.504. The summed E-state index contributed by atoms with van der Waals surface area (Å²) in [5.41, 5.74) is 1.54. The first kappa shape index (κ1) is 13.1. The molecule has 0 spiro atoms. The van der Waals surface area contributed by atoms with Gasteiger partial charge in [0.25, 0.3) is 0 Å². The lowest BCUT2D eigenvalue weighted by molar-refractivity contribution is -0.0129. The fourth-order valence-electron chi connectivity index (χ4n) is 3.05. The van der Waals surface area contributed by atoms with Gasteiger partial charge in [-0.15, -0.1) is 11.3 Å². The van der Waals surface area contributed by atoms with E-state index in [1.54, 1.807) is 4.88 Å². The number of rotatable bonds is 4. The van der Waals surface area contributed by atoms with Crippen molar-refractivity contribution in [1.29, 1.82) is 0 Å². The molecule has 1 N–H and O–H groups in total. The van der Waals surface area contributed by atoms with Crippen molar-refractivity contribution in [3.63, 3.8) is 0 Å². The first-order valence-corrected chi connectivity index (χ1v) is 8.53. The summed E-state index contributed by atoms with van der Waals surface area (Å²) in [6.45, 7) is 2.93. The maximum Gasteiger partial charge on any atom is 0.0704 e. The summed E-state index contributed by atoms with van der Waals surface area (Å²) in [5, 5.41) is 3.82. The normalized spacial score (nSPS) is 30.9. The van der Waals surface area contributed by atoms with Gasteiger partial charge in [0.1, 0.15) is 0 Å². The summed E-state index contributed by atoms with van der Waals surface area (Å²) < 4.78 is 6.90. The van der Waals surface area contributed by atoms with E-state index in [-0.39, 0.29) is 0 Å². The first-order chi connectivity index (χ1) is 8.76. The smallest absolute Gasteiger partial charge is 0.0704 e. The summed E-state index contributed by atoms with van der Waals surface area (Å²) in [6, 6.07) is 3.55. The van der Waals surface area contributed by atoms with Gasteiger partial charge in [-0.2, -0.15) is 0 Å². The molecule has 1 aromatic rings. The van der Waals surface area contributed by atoms with Crippen LogP contribution in [0.3, 0.4) is 0 Å². The van der Waals surface area contributed by atoms with Gasteiger partial charge in [0.05, 0.1) is 9.89 Å². The van der Waals surface area contributed by atoms with E-state index in [2.05, 4.69) is 34.2 Å². The van der Waals surface area contributed by atoms with Crippen LogP contribution in [0, 0.1) is 0 Å². The highest BCUT2D eigenvalue weighted by molar-refractivity contribution is 9.11. The summed E-state index contributed by atoms with van der Waals surface area (Å²) in [5.74, 6) is 0. The fraction of sp³-hybridized carbons (Fsp3) is 0.714. The predicted molar refractivity (Wildman–Crippen MR) is 79.3 cm³/mol. The van der Waals surface area contributed by atoms with Gasteiger partial charge in [-0.3, -0.25) is 0 Å². The van der Waals surface area contributed by atoms with Crippen molar-refractivity contribution in [2.24, 2.45) is 0 Å². The number of ether oxygens (including phenoxy) is 1. The molecule has 1 heterocycles. The van der Waals surface area contributed by atoms with E-state index in [1.165, 1.54) is 41.5 Å². The van der Waals surface area contributed by atoms with Gasteiger partial charge in [-0.05, 0) is 66.6 Å². The standard InChI is InChI=1S/C14H20BrNOS/c1-2-17-10-6-9(7-10)16-12-4-3-5-13-11(12)8-14(15)18-13/h8-10,12,16H,2-7H2,1H3. The van der Waals surface area contributed by atoms with Crippen LogP contribution in [-0.2, 0) is 11.2 Å². The number of fused-ring (bicyclic) bond motifs is 1. The molecule has 4 heteroatoms. The number of halogens is 1. The molecule has 0 radical (unpaired) electrons. The Morgan fingerprint density at radius 2 is 2.33 bits per heavy atom. The van der Waals surface area contributed by atoms with Crippen molar-refractivity contribution in [1.82, 2.24) is 5.32 Å². The molecule has 2 aliphatic carbocycles. The van der Waals surface area contributed by atoms with Crippen molar-refractivity contribution < 1.29 is 4.74 Å². The van der Waals surface area contributed by atoms with E-state index in [0.717, 1.165) is 6.61 Å². The summed E-state index contributed by atoms with van der Waals surface area (Å²) in [7, 11) is 0. The van der Waals surface area contributed by atoms with Crippen LogP contribution in [0.1, 0.15) is 49.1 Å². The molecule has 100 valence electrons. The van der Waals surface area contributed by atoms with Crippen LogP contribution >= 0.6 is 27.3 Å². The van der Waals surface area contributed by atoms with Crippen LogP contribution in [0.5, 0.6) is 0 Å². The predicted octanol–water partition coefficient (Wildman–Crippen LogP) is 4.05. The first-order valence-electron chi connectivity index (χ1n) is 6.92. The molecule has 0 bridgehead atoms. The van der Waals surface area contributed by atoms with Gasteiger partial charge in [-0.25, -0.2) is 0 Å². The molecule has 0 aliphatic heterocycles. The zero-order valence-electron chi connectivity index (χ0n) is 10.7. The molecule has 0 aromatic carbocycles. The van der Waals surface area contributed by atoms with E-state index < -0.39 is 0 Å². The molecule has 1 unspecified atom stereocenters. The monoisotopic (exact) mass is 329 g/mol. The Morgan fingerprint density at radius 3 is 3.11 bits per heavy atom. The van der Waals surface area contributed by atoms with Gasteiger partial charge in [0.2, 0.25) is 0 Å². The number of hydrogen-bond donors (Lipinski definition) is 1. The maximum absolute atomic E-state index is 5.63. The molecule has 1 saturated carbocycles. The van der Waals surface area contributed by atoms with Gasteiger partial charge >= 0.3 is 0 Å². The average Bonchev–Trinajstić information content (AvgIpc) is 2.67. The quantitative estimate of drug-likeness (QED) is 0.899. The van der Waals surface area contributed by atoms with Crippen LogP contribution < -0.4 is 5.32 Å². The summed E-state index contributed by atoms with van der Waals surface area (Å²) >= 11 is 5.53. The van der Waals surface area contributed by atoms with E-state index in [4.69, 9.17) is 4.74 Å². The van der Waals surface area contributed by atoms with E-state index >= 15 is 0 Å². The summed E-state index contributed by atoms with van der Waals surface area (Å²) in [6.07, 6.45) is 6.74. The maximum atomic E-state index is 5.63. The van der Waals surface area contributed by atoms with Crippen LogP contribution in [-0.4, -0.2) is 18.8 Å². The lowest BCUT2D eigenvalue weighted by Crippen LogP contribution is -2.47. The number of nitrogens with one attached hydrogen (secondary N) is 1. The minimum absolute atomic E-state index is 0.504. The van der Waals surface area contributed by atoms with Crippen molar-refractivity contribution in [3.05, 3.63) is 20.3 Å². The van der Waals surface area contributed by atoms with Gasteiger partial charge in [-0.1, -0.05) is 0 Å².